The van der Waals surface area contributed by atoms with Gasteiger partial charge in [-0.1, -0.05) is 0 Å². The molecule has 0 heterocycles. The van der Waals surface area contributed by atoms with Gasteiger partial charge in [0.05, 0.1) is 0 Å². The minimum Gasteiger partial charge on any atom is -1.00 e. The smallest absolute Gasteiger partial charge is 1.00 e. The molecule has 0 aromatic carbocycles. The van der Waals surface area contributed by atoms with Crippen molar-refractivity contribution in [2.24, 2.45) is 0 Å². The van der Waals surface area contributed by atoms with Crippen molar-refractivity contribution < 1.29 is 66.9 Å². The zero-order chi connectivity index (χ0) is 0. The van der Waals surface area contributed by atoms with Crippen LogP contribution in [0, 0.1) is 0 Å². The van der Waals surface area contributed by atoms with Gasteiger partial charge in [0.2, 0.25) is 0 Å². The van der Waals surface area contributed by atoms with Crippen molar-refractivity contribution >= 4 is 0 Å². The van der Waals surface area contributed by atoms with E-state index in [9.17, 15) is 0 Å². The molecular weight excluding hydrogens is 266 g/mol. The van der Waals surface area contributed by atoms with Gasteiger partial charge in [0.1, 0.15) is 0 Å². The van der Waals surface area contributed by atoms with Crippen LogP contribution in [0.15, 0.2) is 0 Å². The van der Waals surface area contributed by atoms with Crippen LogP contribution in [0.2, 0.25) is 0 Å². The molecule has 6 heavy (non-hydrogen) atoms. The largest absolute Gasteiger partial charge is 2.00 e. The molecule has 0 aliphatic heterocycles. The van der Waals surface area contributed by atoms with Gasteiger partial charge in [-0.3, -0.25) is 0 Å². The van der Waals surface area contributed by atoms with Crippen LogP contribution < -0.4 is 34.0 Å². The Morgan fingerprint density at radius 1 is 0.500 bits per heavy atom. The predicted molar refractivity (Wildman–Crippen MR) is 10.8 cm³/mol. The molecule has 0 saturated heterocycles. The molecular formula is H6Br2NiO3. The molecule has 0 atom stereocenters. The maximum Gasteiger partial charge on any atom is 2.00 e. The minimum atomic E-state index is 0. The topological polar surface area (TPSA) is 94.5 Å². The Balaban J connectivity index is 0. The molecule has 0 aromatic heterocycles. The molecule has 0 spiro atoms. The second-order valence-corrected chi connectivity index (χ2v) is 0. The van der Waals surface area contributed by atoms with Crippen molar-refractivity contribution in [1.82, 2.24) is 0 Å². The molecule has 6 N–H and O–H groups in total. The first kappa shape index (κ1) is 165. The quantitative estimate of drug-likeness (QED) is 0.392. The average Bonchev–Trinajstić information content (AvgIpc) is 0. The summed E-state index contributed by atoms with van der Waals surface area (Å²) in [7, 11) is 0. The van der Waals surface area contributed by atoms with Crippen molar-refractivity contribution in [2.75, 3.05) is 0 Å². The third-order valence-corrected chi connectivity index (χ3v) is 0. The molecule has 0 aromatic rings. The molecule has 6 heteroatoms. The number of hydrogen-bond acceptors (Lipinski definition) is 0. The van der Waals surface area contributed by atoms with Crippen molar-refractivity contribution in [3.8, 4) is 0 Å². The Morgan fingerprint density at radius 2 is 0.500 bits per heavy atom. The molecule has 0 aliphatic rings. The van der Waals surface area contributed by atoms with Gasteiger partial charge in [-0.15, -0.1) is 0 Å². The molecule has 0 fully saturated rings. The SMILES string of the molecule is O.O.O.[Br-].[Br-].[Ni+2]. The molecule has 0 rings (SSSR count). The molecule has 0 saturated carbocycles. The van der Waals surface area contributed by atoms with E-state index in [4.69, 9.17) is 0 Å². The van der Waals surface area contributed by atoms with Crippen LogP contribution in [0.3, 0.4) is 0 Å². The Hall–Kier alpha value is 1.33. The van der Waals surface area contributed by atoms with Crippen LogP contribution in [0.4, 0.5) is 0 Å². The van der Waals surface area contributed by atoms with Crippen molar-refractivity contribution in [1.29, 1.82) is 0 Å². The molecule has 0 radical (unpaired) electrons. The molecule has 0 aliphatic carbocycles. The van der Waals surface area contributed by atoms with E-state index in [1.807, 2.05) is 0 Å². The third kappa shape index (κ3) is 56.3. The first-order valence-corrected chi connectivity index (χ1v) is 0. The Morgan fingerprint density at radius 3 is 0.500 bits per heavy atom. The van der Waals surface area contributed by atoms with Gasteiger partial charge < -0.3 is 50.4 Å². The predicted octanol–water partition coefficient (Wildman–Crippen LogP) is -8.47. The summed E-state index contributed by atoms with van der Waals surface area (Å²) in [5, 5.41) is 0. The van der Waals surface area contributed by atoms with Crippen molar-refractivity contribution in [2.45, 2.75) is 0 Å². The van der Waals surface area contributed by atoms with Crippen molar-refractivity contribution in [3.05, 3.63) is 0 Å². The van der Waals surface area contributed by atoms with Gasteiger partial charge >= 0.3 is 16.5 Å². The Bertz CT molecular complexity index is 8.75. The van der Waals surface area contributed by atoms with Crippen LogP contribution in [0.5, 0.6) is 0 Å². The molecule has 0 bridgehead atoms. The summed E-state index contributed by atoms with van der Waals surface area (Å²) in [6.45, 7) is 0. The standard InChI is InChI=1S/2BrH.Ni.3H2O/h2*1H;;3*1H2/q;;+2;;;/p-2. The summed E-state index contributed by atoms with van der Waals surface area (Å²) in [4.78, 5) is 0. The Kier molecular flexibility index (Phi) is 2790. The molecule has 0 amide bonds. The fraction of sp³-hybridized carbons (Fsp3) is 0. The van der Waals surface area contributed by atoms with Crippen LogP contribution in [-0.2, 0) is 16.5 Å². The summed E-state index contributed by atoms with van der Waals surface area (Å²) < 4.78 is 0. The van der Waals surface area contributed by atoms with E-state index in [1.165, 1.54) is 0 Å². The minimum absolute atomic E-state index is 0. The summed E-state index contributed by atoms with van der Waals surface area (Å²) in [5.41, 5.74) is 0. The van der Waals surface area contributed by atoms with Gasteiger partial charge in [-0.2, -0.15) is 0 Å². The van der Waals surface area contributed by atoms with E-state index in [0.29, 0.717) is 0 Å². The van der Waals surface area contributed by atoms with Crippen LogP contribution in [0.1, 0.15) is 0 Å². The van der Waals surface area contributed by atoms with Crippen molar-refractivity contribution in [3.63, 3.8) is 0 Å². The maximum absolute atomic E-state index is 0. The van der Waals surface area contributed by atoms with E-state index >= 15 is 0 Å². The first-order chi connectivity index (χ1) is 0. The average molecular weight is 273 g/mol. The van der Waals surface area contributed by atoms with Gasteiger partial charge in [0.15, 0.2) is 0 Å². The zero-order valence-electron chi connectivity index (χ0n) is 2.57. The molecule has 0 unspecified atom stereocenters. The fourth-order valence-electron chi connectivity index (χ4n) is 0. The van der Waals surface area contributed by atoms with E-state index in [-0.39, 0.29) is 66.9 Å². The number of rotatable bonds is 0. The zero-order valence-corrected chi connectivity index (χ0v) is 6.73. The second kappa shape index (κ2) is 101. The Labute approximate surface area is 66.9 Å². The maximum atomic E-state index is 0. The van der Waals surface area contributed by atoms with Gasteiger partial charge in [-0.05, 0) is 0 Å². The van der Waals surface area contributed by atoms with Gasteiger partial charge in [0, 0.05) is 0 Å². The number of hydrogen-bond donors (Lipinski definition) is 0. The van der Waals surface area contributed by atoms with Crippen LogP contribution in [-0.4, -0.2) is 16.4 Å². The van der Waals surface area contributed by atoms with E-state index < -0.39 is 0 Å². The fourth-order valence-corrected chi connectivity index (χ4v) is 0. The summed E-state index contributed by atoms with van der Waals surface area (Å²) >= 11 is 0. The number of halogens is 2. The van der Waals surface area contributed by atoms with Gasteiger partial charge in [-0.25, -0.2) is 0 Å². The summed E-state index contributed by atoms with van der Waals surface area (Å²) in [6.07, 6.45) is 0. The summed E-state index contributed by atoms with van der Waals surface area (Å²) in [6, 6.07) is 0. The van der Waals surface area contributed by atoms with E-state index in [0.717, 1.165) is 0 Å². The van der Waals surface area contributed by atoms with E-state index in [2.05, 4.69) is 0 Å². The second-order valence-electron chi connectivity index (χ2n) is 0. The normalized spacial score (nSPS) is 0. The first-order valence-electron chi connectivity index (χ1n) is 0. The van der Waals surface area contributed by atoms with Gasteiger partial charge in [0.25, 0.3) is 0 Å². The monoisotopic (exact) mass is 270 g/mol. The molecule has 3 nitrogen and oxygen atoms in total. The van der Waals surface area contributed by atoms with Crippen LogP contribution >= 0.6 is 0 Å². The molecule has 48 valence electrons. The van der Waals surface area contributed by atoms with Crippen LogP contribution in [0.25, 0.3) is 0 Å². The third-order valence-electron chi connectivity index (χ3n) is 0. The summed E-state index contributed by atoms with van der Waals surface area (Å²) in [5.74, 6) is 0. The van der Waals surface area contributed by atoms with E-state index in [1.54, 1.807) is 0 Å².